The Balaban J connectivity index is 1.66. The maximum Gasteiger partial charge on any atom is 0.0406 e. The highest BCUT2D eigenvalue weighted by molar-refractivity contribution is 6.30. The van der Waals surface area contributed by atoms with Crippen molar-refractivity contribution in [3.05, 3.63) is 34.9 Å². The molecule has 0 amide bonds. The van der Waals surface area contributed by atoms with Crippen LogP contribution in [-0.2, 0) is 6.54 Å². The van der Waals surface area contributed by atoms with Gasteiger partial charge < -0.3 is 5.32 Å². The quantitative estimate of drug-likeness (QED) is 0.735. The van der Waals surface area contributed by atoms with E-state index < -0.39 is 0 Å². The molecule has 1 N–H and O–H groups in total. The maximum absolute atomic E-state index is 5.80. The zero-order valence-corrected chi connectivity index (χ0v) is 9.06. The summed E-state index contributed by atoms with van der Waals surface area (Å²) in [6.07, 6.45) is 4.23. The summed E-state index contributed by atoms with van der Waals surface area (Å²) in [7, 11) is 0. The molecule has 2 rings (SSSR count). The summed E-state index contributed by atoms with van der Waals surface area (Å²) < 4.78 is 0. The molecule has 0 atom stereocenters. The van der Waals surface area contributed by atoms with Gasteiger partial charge in [-0.15, -0.1) is 0 Å². The van der Waals surface area contributed by atoms with Gasteiger partial charge in [0.05, 0.1) is 0 Å². The molecule has 0 spiro atoms. The highest BCUT2D eigenvalue weighted by Gasteiger charge is 2.19. The number of benzene rings is 1. The molecule has 0 aromatic heterocycles. The Hall–Kier alpha value is -0.530. The molecule has 1 aromatic carbocycles. The monoisotopic (exact) mass is 209 g/mol. The van der Waals surface area contributed by atoms with Gasteiger partial charge in [0.1, 0.15) is 0 Å². The van der Waals surface area contributed by atoms with Crippen LogP contribution < -0.4 is 5.32 Å². The number of hydrogen-bond acceptors (Lipinski definition) is 1. The Bertz CT molecular complexity index is 277. The second-order valence-corrected chi connectivity index (χ2v) is 4.47. The number of rotatable bonds is 5. The van der Waals surface area contributed by atoms with Gasteiger partial charge in [0.2, 0.25) is 0 Å². The highest BCUT2D eigenvalue weighted by atomic mass is 35.5. The lowest BCUT2D eigenvalue weighted by Crippen LogP contribution is -2.14. The fourth-order valence-electron chi connectivity index (χ4n) is 1.55. The normalized spacial score (nSPS) is 15.8. The first-order valence-corrected chi connectivity index (χ1v) is 5.67. The molecular formula is C12H16ClN. The molecule has 0 radical (unpaired) electrons. The number of nitrogens with one attached hydrogen (secondary N) is 1. The summed E-state index contributed by atoms with van der Waals surface area (Å²) in [5.74, 6) is 1.02. The van der Waals surface area contributed by atoms with Gasteiger partial charge in [0.25, 0.3) is 0 Å². The molecule has 0 unspecified atom stereocenters. The summed E-state index contributed by atoms with van der Waals surface area (Å²) in [5.41, 5.74) is 1.31. The maximum atomic E-state index is 5.80. The Morgan fingerprint density at radius 2 is 1.93 bits per heavy atom. The molecule has 1 aliphatic rings. The van der Waals surface area contributed by atoms with Crippen LogP contribution in [0.15, 0.2) is 24.3 Å². The molecule has 0 heterocycles. The third kappa shape index (κ3) is 3.32. The lowest BCUT2D eigenvalue weighted by Gasteiger charge is -2.03. The van der Waals surface area contributed by atoms with E-state index in [1.807, 2.05) is 12.1 Å². The average molecular weight is 210 g/mol. The molecule has 76 valence electrons. The van der Waals surface area contributed by atoms with Crippen molar-refractivity contribution in [3.63, 3.8) is 0 Å². The molecule has 1 nitrogen and oxygen atoms in total. The van der Waals surface area contributed by atoms with Gasteiger partial charge in [0.15, 0.2) is 0 Å². The highest BCUT2D eigenvalue weighted by Crippen LogP contribution is 2.31. The van der Waals surface area contributed by atoms with Crippen molar-refractivity contribution < 1.29 is 0 Å². The van der Waals surface area contributed by atoms with Crippen molar-refractivity contribution in [2.75, 3.05) is 6.54 Å². The van der Waals surface area contributed by atoms with E-state index >= 15 is 0 Å². The summed E-state index contributed by atoms with van der Waals surface area (Å²) in [6, 6.07) is 8.04. The second kappa shape index (κ2) is 4.81. The van der Waals surface area contributed by atoms with E-state index in [9.17, 15) is 0 Å². The summed E-state index contributed by atoms with van der Waals surface area (Å²) in [5, 5.41) is 4.26. The van der Waals surface area contributed by atoms with Gasteiger partial charge in [-0.3, -0.25) is 0 Å². The second-order valence-electron chi connectivity index (χ2n) is 4.04. The van der Waals surface area contributed by atoms with Gasteiger partial charge in [-0.05, 0) is 36.6 Å². The summed E-state index contributed by atoms with van der Waals surface area (Å²) in [4.78, 5) is 0. The van der Waals surface area contributed by atoms with Crippen LogP contribution in [0, 0.1) is 5.92 Å². The van der Waals surface area contributed by atoms with Crippen LogP contribution in [-0.4, -0.2) is 6.54 Å². The summed E-state index contributed by atoms with van der Waals surface area (Å²) >= 11 is 5.80. The van der Waals surface area contributed by atoms with Gasteiger partial charge in [-0.2, -0.15) is 0 Å². The minimum Gasteiger partial charge on any atom is -0.313 e. The molecule has 0 saturated heterocycles. The molecule has 0 bridgehead atoms. The number of halogens is 1. The first-order valence-electron chi connectivity index (χ1n) is 5.30. The minimum absolute atomic E-state index is 0.812. The predicted molar refractivity (Wildman–Crippen MR) is 60.5 cm³/mol. The van der Waals surface area contributed by atoms with Crippen LogP contribution in [0.2, 0.25) is 5.02 Å². The standard InChI is InChI=1S/C12H16ClN/c13-12-5-3-11(4-6-12)9-14-8-7-10-1-2-10/h3-6,10,14H,1-2,7-9H2. The van der Waals surface area contributed by atoms with Crippen molar-refractivity contribution in [2.24, 2.45) is 5.92 Å². The van der Waals surface area contributed by atoms with E-state index in [0.717, 1.165) is 24.0 Å². The molecule has 14 heavy (non-hydrogen) atoms. The Morgan fingerprint density at radius 1 is 1.21 bits per heavy atom. The first kappa shape index (κ1) is 10.0. The lowest BCUT2D eigenvalue weighted by atomic mass is 10.2. The van der Waals surface area contributed by atoms with Crippen LogP contribution in [0.1, 0.15) is 24.8 Å². The van der Waals surface area contributed by atoms with Gasteiger partial charge >= 0.3 is 0 Å². The molecule has 1 aliphatic carbocycles. The van der Waals surface area contributed by atoms with Gasteiger partial charge in [-0.25, -0.2) is 0 Å². The van der Waals surface area contributed by atoms with E-state index in [1.165, 1.54) is 24.8 Å². The third-order valence-electron chi connectivity index (χ3n) is 2.67. The molecule has 1 saturated carbocycles. The van der Waals surface area contributed by atoms with Crippen molar-refractivity contribution in [1.82, 2.24) is 5.32 Å². The van der Waals surface area contributed by atoms with Crippen LogP contribution in [0.25, 0.3) is 0 Å². The van der Waals surface area contributed by atoms with Crippen molar-refractivity contribution in [2.45, 2.75) is 25.8 Å². The van der Waals surface area contributed by atoms with E-state index in [4.69, 9.17) is 11.6 Å². The van der Waals surface area contributed by atoms with E-state index in [1.54, 1.807) is 0 Å². The van der Waals surface area contributed by atoms with Crippen molar-refractivity contribution in [1.29, 1.82) is 0 Å². The molecule has 1 aromatic rings. The van der Waals surface area contributed by atoms with Crippen LogP contribution >= 0.6 is 11.6 Å². The molecule has 2 heteroatoms. The van der Waals surface area contributed by atoms with Crippen LogP contribution in [0.3, 0.4) is 0 Å². The lowest BCUT2D eigenvalue weighted by molar-refractivity contribution is 0.613. The smallest absolute Gasteiger partial charge is 0.0406 e. The minimum atomic E-state index is 0.812. The fraction of sp³-hybridized carbons (Fsp3) is 0.500. The Labute approximate surface area is 90.5 Å². The fourth-order valence-corrected chi connectivity index (χ4v) is 1.67. The first-order chi connectivity index (χ1) is 6.84. The predicted octanol–water partition coefficient (Wildman–Crippen LogP) is 3.23. The average Bonchev–Trinajstić information content (AvgIpc) is 2.99. The van der Waals surface area contributed by atoms with Crippen molar-refractivity contribution >= 4 is 11.6 Å². The SMILES string of the molecule is Clc1ccc(CNCCC2CC2)cc1. The zero-order valence-electron chi connectivity index (χ0n) is 8.30. The summed E-state index contributed by atoms with van der Waals surface area (Å²) in [6.45, 7) is 2.11. The largest absolute Gasteiger partial charge is 0.313 e. The van der Waals surface area contributed by atoms with Gasteiger partial charge in [0, 0.05) is 11.6 Å². The Morgan fingerprint density at radius 3 is 2.57 bits per heavy atom. The third-order valence-corrected chi connectivity index (χ3v) is 2.92. The molecule has 1 fully saturated rings. The Kier molecular flexibility index (Phi) is 3.44. The van der Waals surface area contributed by atoms with Crippen LogP contribution in [0.5, 0.6) is 0 Å². The van der Waals surface area contributed by atoms with Crippen LogP contribution in [0.4, 0.5) is 0 Å². The van der Waals surface area contributed by atoms with E-state index in [-0.39, 0.29) is 0 Å². The van der Waals surface area contributed by atoms with Gasteiger partial charge in [-0.1, -0.05) is 36.6 Å². The van der Waals surface area contributed by atoms with Crippen molar-refractivity contribution in [3.8, 4) is 0 Å². The number of hydrogen-bond donors (Lipinski definition) is 1. The molecule has 0 aliphatic heterocycles. The van der Waals surface area contributed by atoms with E-state index in [0.29, 0.717) is 0 Å². The zero-order chi connectivity index (χ0) is 9.80. The van der Waals surface area contributed by atoms with E-state index in [2.05, 4.69) is 17.4 Å². The topological polar surface area (TPSA) is 12.0 Å². The molecular weight excluding hydrogens is 194 g/mol.